The Labute approximate surface area is 118 Å². The molecule has 2 rings (SSSR count). The second kappa shape index (κ2) is 6.25. The van der Waals surface area contributed by atoms with Crippen LogP contribution in [0.1, 0.15) is 66.2 Å². The molecule has 2 fully saturated rings. The maximum Gasteiger partial charge on any atom is 0.240 e. The molecular weight excluding hydrogens is 236 g/mol. The SMILES string of the molecule is CCC1CCCCC1N1C(=O)C(C)NC1CC(C)C. The van der Waals surface area contributed by atoms with Crippen molar-refractivity contribution in [2.75, 3.05) is 0 Å². The highest BCUT2D eigenvalue weighted by Gasteiger charge is 2.43. The molecule has 0 spiro atoms. The van der Waals surface area contributed by atoms with Crippen LogP contribution in [0.25, 0.3) is 0 Å². The van der Waals surface area contributed by atoms with Gasteiger partial charge in [0.25, 0.3) is 0 Å². The van der Waals surface area contributed by atoms with E-state index in [1.54, 1.807) is 0 Å². The normalized spacial score (nSPS) is 36.3. The molecule has 1 saturated carbocycles. The maximum absolute atomic E-state index is 12.5. The quantitative estimate of drug-likeness (QED) is 0.848. The van der Waals surface area contributed by atoms with Crippen LogP contribution < -0.4 is 5.32 Å². The molecule has 1 amide bonds. The van der Waals surface area contributed by atoms with Crippen LogP contribution in [0.5, 0.6) is 0 Å². The zero-order valence-electron chi connectivity index (χ0n) is 13.0. The molecule has 19 heavy (non-hydrogen) atoms. The molecule has 0 aromatic rings. The second-order valence-electron chi connectivity index (χ2n) is 6.80. The number of nitrogens with one attached hydrogen (secondary N) is 1. The maximum atomic E-state index is 12.5. The van der Waals surface area contributed by atoms with E-state index in [4.69, 9.17) is 0 Å². The molecule has 3 nitrogen and oxygen atoms in total. The lowest BCUT2D eigenvalue weighted by molar-refractivity contribution is -0.134. The fraction of sp³-hybridized carbons (Fsp3) is 0.938. The van der Waals surface area contributed by atoms with Crippen LogP contribution in [0.4, 0.5) is 0 Å². The van der Waals surface area contributed by atoms with Gasteiger partial charge in [0.15, 0.2) is 0 Å². The van der Waals surface area contributed by atoms with E-state index in [1.807, 2.05) is 6.92 Å². The fourth-order valence-electron chi connectivity index (χ4n) is 3.87. The van der Waals surface area contributed by atoms with Crippen LogP contribution in [-0.2, 0) is 4.79 Å². The van der Waals surface area contributed by atoms with Crippen molar-refractivity contribution in [3.8, 4) is 0 Å². The van der Waals surface area contributed by atoms with E-state index in [2.05, 4.69) is 31.0 Å². The highest BCUT2D eigenvalue weighted by Crippen LogP contribution is 2.34. The van der Waals surface area contributed by atoms with Crippen LogP contribution in [-0.4, -0.2) is 29.1 Å². The number of nitrogens with zero attached hydrogens (tertiary/aromatic N) is 1. The molecule has 0 bridgehead atoms. The molecule has 3 heteroatoms. The van der Waals surface area contributed by atoms with Gasteiger partial charge < -0.3 is 4.90 Å². The van der Waals surface area contributed by atoms with E-state index in [-0.39, 0.29) is 12.2 Å². The Balaban J connectivity index is 2.15. The summed E-state index contributed by atoms with van der Waals surface area (Å²) < 4.78 is 0. The van der Waals surface area contributed by atoms with Crippen LogP contribution >= 0.6 is 0 Å². The van der Waals surface area contributed by atoms with Crippen molar-refractivity contribution in [3.05, 3.63) is 0 Å². The van der Waals surface area contributed by atoms with E-state index >= 15 is 0 Å². The highest BCUT2D eigenvalue weighted by molar-refractivity contribution is 5.84. The standard InChI is InChI=1S/C16H30N2O/c1-5-13-8-6-7-9-14(13)18-15(10-11(2)3)17-12(4)16(18)19/h11-15,17H,5-10H2,1-4H3. The topological polar surface area (TPSA) is 32.3 Å². The lowest BCUT2D eigenvalue weighted by Gasteiger charge is -2.41. The van der Waals surface area contributed by atoms with Crippen molar-refractivity contribution in [1.29, 1.82) is 0 Å². The zero-order valence-corrected chi connectivity index (χ0v) is 13.0. The Kier molecular flexibility index (Phi) is 4.88. The summed E-state index contributed by atoms with van der Waals surface area (Å²) in [5.41, 5.74) is 0. The molecular formula is C16H30N2O. The molecule has 110 valence electrons. The van der Waals surface area contributed by atoms with Gasteiger partial charge in [-0.15, -0.1) is 0 Å². The summed E-state index contributed by atoms with van der Waals surface area (Å²) in [6.07, 6.45) is 7.67. The number of hydrogen-bond donors (Lipinski definition) is 1. The molecule has 1 N–H and O–H groups in total. The van der Waals surface area contributed by atoms with Crippen LogP contribution in [0, 0.1) is 11.8 Å². The molecule has 1 aliphatic carbocycles. The Morgan fingerprint density at radius 1 is 1.32 bits per heavy atom. The lowest BCUT2D eigenvalue weighted by Crippen LogP contribution is -2.49. The lowest BCUT2D eigenvalue weighted by atomic mass is 9.81. The van der Waals surface area contributed by atoms with E-state index in [1.165, 1.54) is 32.1 Å². The summed E-state index contributed by atoms with van der Waals surface area (Å²) in [4.78, 5) is 14.7. The Morgan fingerprint density at radius 2 is 2.00 bits per heavy atom. The van der Waals surface area contributed by atoms with Gasteiger partial charge in [-0.2, -0.15) is 0 Å². The smallest absolute Gasteiger partial charge is 0.240 e. The largest absolute Gasteiger partial charge is 0.323 e. The van der Waals surface area contributed by atoms with Gasteiger partial charge in [0.1, 0.15) is 0 Å². The summed E-state index contributed by atoms with van der Waals surface area (Å²) in [6, 6.07) is 0.482. The molecule has 0 aromatic carbocycles. The number of amides is 1. The Morgan fingerprint density at radius 3 is 2.63 bits per heavy atom. The first-order valence-electron chi connectivity index (χ1n) is 8.12. The van der Waals surface area contributed by atoms with Gasteiger partial charge in [-0.25, -0.2) is 0 Å². The first kappa shape index (κ1) is 14.8. The molecule has 0 aromatic heterocycles. The summed E-state index contributed by atoms with van der Waals surface area (Å²) >= 11 is 0. The Hall–Kier alpha value is -0.570. The van der Waals surface area contributed by atoms with Crippen LogP contribution in [0.2, 0.25) is 0 Å². The van der Waals surface area contributed by atoms with Crippen molar-refractivity contribution in [2.24, 2.45) is 11.8 Å². The van der Waals surface area contributed by atoms with E-state index in [0.717, 1.165) is 6.42 Å². The molecule has 1 saturated heterocycles. The van der Waals surface area contributed by atoms with Crippen molar-refractivity contribution < 1.29 is 4.79 Å². The second-order valence-corrected chi connectivity index (χ2v) is 6.80. The average molecular weight is 266 g/mol. The monoisotopic (exact) mass is 266 g/mol. The third-order valence-corrected chi connectivity index (χ3v) is 4.85. The molecule has 0 radical (unpaired) electrons. The third-order valence-electron chi connectivity index (χ3n) is 4.85. The molecule has 1 heterocycles. The molecule has 4 unspecified atom stereocenters. The van der Waals surface area contributed by atoms with E-state index < -0.39 is 0 Å². The van der Waals surface area contributed by atoms with Gasteiger partial charge in [-0.1, -0.05) is 40.0 Å². The summed E-state index contributed by atoms with van der Waals surface area (Å²) in [6.45, 7) is 8.77. The minimum absolute atomic E-state index is 0.00295. The zero-order chi connectivity index (χ0) is 14.0. The minimum atomic E-state index is 0.00295. The minimum Gasteiger partial charge on any atom is -0.323 e. The predicted molar refractivity (Wildman–Crippen MR) is 78.7 cm³/mol. The first-order valence-corrected chi connectivity index (χ1v) is 8.12. The molecule has 2 aliphatic rings. The Bertz CT molecular complexity index is 316. The summed E-state index contributed by atoms with van der Waals surface area (Å²) in [5, 5.41) is 3.50. The van der Waals surface area contributed by atoms with Crippen molar-refractivity contribution >= 4 is 5.91 Å². The van der Waals surface area contributed by atoms with Gasteiger partial charge in [-0.3, -0.25) is 10.1 Å². The van der Waals surface area contributed by atoms with Crippen molar-refractivity contribution in [3.63, 3.8) is 0 Å². The first-order chi connectivity index (χ1) is 9.04. The third kappa shape index (κ3) is 3.13. The summed E-state index contributed by atoms with van der Waals surface area (Å²) in [7, 11) is 0. The number of rotatable bonds is 4. The van der Waals surface area contributed by atoms with Gasteiger partial charge in [0, 0.05) is 6.04 Å². The van der Waals surface area contributed by atoms with Crippen molar-refractivity contribution in [1.82, 2.24) is 10.2 Å². The van der Waals surface area contributed by atoms with Gasteiger partial charge >= 0.3 is 0 Å². The number of carbonyl (C=O) groups is 1. The van der Waals surface area contributed by atoms with Crippen molar-refractivity contribution in [2.45, 2.75) is 84.5 Å². The van der Waals surface area contributed by atoms with Gasteiger partial charge in [0.05, 0.1) is 12.2 Å². The fourth-order valence-corrected chi connectivity index (χ4v) is 3.87. The van der Waals surface area contributed by atoms with Gasteiger partial charge in [-0.05, 0) is 38.0 Å². The van der Waals surface area contributed by atoms with Gasteiger partial charge in [0.2, 0.25) is 5.91 Å². The van der Waals surface area contributed by atoms with E-state index in [9.17, 15) is 4.79 Å². The predicted octanol–water partition coefficient (Wildman–Crippen LogP) is 3.15. The average Bonchev–Trinajstić information content (AvgIpc) is 2.64. The van der Waals surface area contributed by atoms with Crippen LogP contribution in [0.15, 0.2) is 0 Å². The molecule has 4 atom stereocenters. The summed E-state index contributed by atoms with van der Waals surface area (Å²) in [5.74, 6) is 1.66. The number of carbonyl (C=O) groups excluding carboxylic acids is 1. The molecule has 1 aliphatic heterocycles. The van der Waals surface area contributed by atoms with Crippen LogP contribution in [0.3, 0.4) is 0 Å². The highest BCUT2D eigenvalue weighted by atomic mass is 16.2. The van der Waals surface area contributed by atoms with E-state index in [0.29, 0.717) is 23.8 Å². The number of hydrogen-bond acceptors (Lipinski definition) is 2.